The summed E-state index contributed by atoms with van der Waals surface area (Å²) in [5.74, 6) is -0.652. The Morgan fingerprint density at radius 3 is 2.44 bits per heavy atom. The standard InChI is InChI=1S/C23H30FN5O3/c1-6-20(29(5)25-2)18-14-16(9-11-22(18)32-13-7-12-28(3)4)26-23(31)27-17-8-10-19(24)21(30)15-17/h6,8-11,14-15,30H,2,7,12-13H2,1,3-5H3,(H2,26,27,31)/b20-6+. The number of hydrogen-bond donors (Lipinski definition) is 3. The van der Waals surface area contributed by atoms with E-state index in [0.717, 1.165) is 36.4 Å². The van der Waals surface area contributed by atoms with Crippen LogP contribution in [0.4, 0.5) is 20.6 Å². The quantitative estimate of drug-likeness (QED) is 0.287. The number of carbonyl (C=O) groups excluding carboxylic acids is 1. The number of nitrogens with one attached hydrogen (secondary N) is 2. The van der Waals surface area contributed by atoms with Crippen molar-refractivity contribution in [2.45, 2.75) is 13.3 Å². The highest BCUT2D eigenvalue weighted by Gasteiger charge is 2.15. The van der Waals surface area contributed by atoms with Crippen molar-refractivity contribution < 1.29 is 19.0 Å². The summed E-state index contributed by atoms with van der Waals surface area (Å²) in [6.45, 7) is 6.89. The van der Waals surface area contributed by atoms with Gasteiger partial charge >= 0.3 is 6.03 Å². The van der Waals surface area contributed by atoms with Crippen LogP contribution < -0.4 is 15.4 Å². The monoisotopic (exact) mass is 443 g/mol. The van der Waals surface area contributed by atoms with E-state index in [2.05, 4.69) is 27.4 Å². The summed E-state index contributed by atoms with van der Waals surface area (Å²) >= 11 is 0. The first kappa shape index (κ1) is 24.7. The van der Waals surface area contributed by atoms with Gasteiger partial charge in [0.25, 0.3) is 0 Å². The summed E-state index contributed by atoms with van der Waals surface area (Å²) < 4.78 is 19.2. The first-order valence-corrected chi connectivity index (χ1v) is 10.1. The fraction of sp³-hybridized carbons (Fsp3) is 0.304. The van der Waals surface area contributed by atoms with Gasteiger partial charge in [0.2, 0.25) is 0 Å². The van der Waals surface area contributed by atoms with Gasteiger partial charge in [0.05, 0.1) is 12.3 Å². The Morgan fingerprint density at radius 2 is 1.84 bits per heavy atom. The zero-order valence-corrected chi connectivity index (χ0v) is 18.9. The summed E-state index contributed by atoms with van der Waals surface area (Å²) in [6.07, 6.45) is 2.74. The van der Waals surface area contributed by atoms with Gasteiger partial charge in [-0.2, -0.15) is 5.10 Å². The minimum atomic E-state index is -0.763. The van der Waals surface area contributed by atoms with E-state index in [0.29, 0.717) is 18.0 Å². The third-order valence-electron chi connectivity index (χ3n) is 4.56. The number of benzene rings is 2. The SMILES string of the molecule is C=NN(C)/C(=C/C)c1cc(NC(=O)Nc2ccc(F)c(O)c2)ccc1OCCCN(C)C. The van der Waals surface area contributed by atoms with Gasteiger partial charge in [-0.05, 0) is 57.8 Å². The van der Waals surface area contributed by atoms with E-state index in [4.69, 9.17) is 4.74 Å². The van der Waals surface area contributed by atoms with Crippen molar-refractivity contribution in [3.05, 3.63) is 53.9 Å². The smallest absolute Gasteiger partial charge is 0.323 e. The van der Waals surface area contributed by atoms with Gasteiger partial charge in [0, 0.05) is 43.3 Å². The number of rotatable bonds is 10. The molecule has 0 aromatic heterocycles. The van der Waals surface area contributed by atoms with E-state index >= 15 is 0 Å². The van der Waals surface area contributed by atoms with E-state index in [1.807, 2.05) is 27.1 Å². The zero-order chi connectivity index (χ0) is 23.7. The van der Waals surface area contributed by atoms with Gasteiger partial charge in [-0.15, -0.1) is 0 Å². The Morgan fingerprint density at radius 1 is 1.19 bits per heavy atom. The van der Waals surface area contributed by atoms with Gasteiger partial charge < -0.3 is 25.4 Å². The second kappa shape index (κ2) is 11.7. The second-order valence-corrected chi connectivity index (χ2v) is 7.30. The molecule has 32 heavy (non-hydrogen) atoms. The highest BCUT2D eigenvalue weighted by molar-refractivity contribution is 6.00. The van der Waals surface area contributed by atoms with Crippen molar-refractivity contribution >= 4 is 29.8 Å². The fourth-order valence-corrected chi connectivity index (χ4v) is 2.97. The molecule has 172 valence electrons. The van der Waals surface area contributed by atoms with Crippen LogP contribution in [0.2, 0.25) is 0 Å². The molecule has 0 radical (unpaired) electrons. The molecule has 3 N–H and O–H groups in total. The first-order chi connectivity index (χ1) is 15.2. The third-order valence-corrected chi connectivity index (χ3v) is 4.56. The number of urea groups is 1. The Labute approximate surface area is 188 Å². The zero-order valence-electron chi connectivity index (χ0n) is 18.9. The van der Waals surface area contributed by atoms with Gasteiger partial charge in [0.1, 0.15) is 5.75 Å². The lowest BCUT2D eigenvalue weighted by Gasteiger charge is -2.21. The lowest BCUT2D eigenvalue weighted by atomic mass is 10.1. The van der Waals surface area contributed by atoms with E-state index in [1.165, 1.54) is 6.07 Å². The molecule has 0 atom stereocenters. The van der Waals surface area contributed by atoms with Crippen LogP contribution in [0.3, 0.4) is 0 Å². The number of carbonyl (C=O) groups is 1. The molecular weight excluding hydrogens is 413 g/mol. The van der Waals surface area contributed by atoms with Crippen LogP contribution in [0.25, 0.3) is 5.70 Å². The number of nitrogens with zero attached hydrogens (tertiary/aromatic N) is 3. The number of hydrazone groups is 1. The van der Waals surface area contributed by atoms with E-state index in [-0.39, 0.29) is 5.69 Å². The van der Waals surface area contributed by atoms with Crippen LogP contribution in [0.1, 0.15) is 18.9 Å². The Hall–Kier alpha value is -3.59. The molecule has 0 aliphatic carbocycles. The molecule has 0 bridgehead atoms. The molecule has 9 heteroatoms. The highest BCUT2D eigenvalue weighted by atomic mass is 19.1. The maximum atomic E-state index is 13.2. The third kappa shape index (κ3) is 6.98. The predicted octanol–water partition coefficient (Wildman–Crippen LogP) is 4.41. The predicted molar refractivity (Wildman–Crippen MR) is 127 cm³/mol. The molecule has 0 unspecified atom stereocenters. The minimum absolute atomic E-state index is 0.257. The van der Waals surface area contributed by atoms with Crippen LogP contribution in [-0.4, -0.2) is 62.1 Å². The molecule has 0 saturated carbocycles. The Bertz CT molecular complexity index is 978. The maximum absolute atomic E-state index is 13.2. The number of aromatic hydroxyl groups is 1. The number of ether oxygens (including phenoxy) is 1. The number of phenols is 1. The van der Waals surface area contributed by atoms with Crippen molar-refractivity contribution in [3.63, 3.8) is 0 Å². The average molecular weight is 444 g/mol. The molecule has 0 fully saturated rings. The molecule has 2 rings (SSSR count). The summed E-state index contributed by atoms with van der Waals surface area (Å²) in [5.41, 5.74) is 2.27. The largest absolute Gasteiger partial charge is 0.505 e. The number of phenolic OH excluding ortho intramolecular Hbond substituents is 1. The molecule has 0 aliphatic rings. The van der Waals surface area contributed by atoms with Gasteiger partial charge in [0.15, 0.2) is 11.6 Å². The molecule has 8 nitrogen and oxygen atoms in total. The normalized spacial score (nSPS) is 11.2. The van der Waals surface area contributed by atoms with E-state index in [1.54, 1.807) is 30.3 Å². The lowest BCUT2D eigenvalue weighted by Crippen LogP contribution is -2.20. The fourth-order valence-electron chi connectivity index (χ4n) is 2.97. The van der Waals surface area contributed by atoms with Crippen molar-refractivity contribution in [3.8, 4) is 11.5 Å². The Balaban J connectivity index is 2.21. The average Bonchev–Trinajstić information content (AvgIpc) is 2.75. The molecule has 0 aliphatic heterocycles. The van der Waals surface area contributed by atoms with Crippen molar-refractivity contribution in [1.82, 2.24) is 9.91 Å². The minimum Gasteiger partial charge on any atom is -0.505 e. The van der Waals surface area contributed by atoms with E-state index < -0.39 is 17.6 Å². The summed E-state index contributed by atoms with van der Waals surface area (Å²) in [7, 11) is 5.78. The Kier molecular flexibility index (Phi) is 9.03. The van der Waals surface area contributed by atoms with Gasteiger partial charge in [-0.1, -0.05) is 6.08 Å². The van der Waals surface area contributed by atoms with Crippen LogP contribution in [0.15, 0.2) is 47.6 Å². The van der Waals surface area contributed by atoms with Crippen LogP contribution in [0.5, 0.6) is 11.5 Å². The molecule has 0 heterocycles. The van der Waals surface area contributed by atoms with Crippen LogP contribution in [-0.2, 0) is 0 Å². The number of halogens is 1. The summed E-state index contributed by atoms with van der Waals surface area (Å²) in [6, 6.07) is 8.30. The van der Waals surface area contributed by atoms with Crippen LogP contribution >= 0.6 is 0 Å². The topological polar surface area (TPSA) is 89.4 Å². The summed E-state index contributed by atoms with van der Waals surface area (Å²) in [5, 5.41) is 20.3. The molecule has 0 spiro atoms. The second-order valence-electron chi connectivity index (χ2n) is 7.30. The number of allylic oxidation sites excluding steroid dienone is 1. The molecule has 2 aromatic rings. The van der Waals surface area contributed by atoms with Crippen molar-refractivity contribution in [2.75, 3.05) is 44.9 Å². The number of hydrogen-bond acceptors (Lipinski definition) is 6. The lowest BCUT2D eigenvalue weighted by molar-refractivity contribution is 0.262. The molecule has 0 saturated heterocycles. The van der Waals surface area contributed by atoms with Gasteiger partial charge in [-0.3, -0.25) is 5.01 Å². The summed E-state index contributed by atoms with van der Waals surface area (Å²) in [4.78, 5) is 14.5. The number of anilines is 2. The molecule has 2 aromatic carbocycles. The van der Waals surface area contributed by atoms with Crippen molar-refractivity contribution in [2.24, 2.45) is 5.10 Å². The van der Waals surface area contributed by atoms with Gasteiger partial charge in [-0.25, -0.2) is 9.18 Å². The van der Waals surface area contributed by atoms with E-state index in [9.17, 15) is 14.3 Å². The number of amides is 2. The van der Waals surface area contributed by atoms with Crippen LogP contribution in [0, 0.1) is 5.82 Å². The molecule has 2 amide bonds. The van der Waals surface area contributed by atoms with Crippen molar-refractivity contribution in [1.29, 1.82) is 0 Å². The maximum Gasteiger partial charge on any atom is 0.323 e. The first-order valence-electron chi connectivity index (χ1n) is 10.1. The highest BCUT2D eigenvalue weighted by Crippen LogP contribution is 2.31. The molecular formula is C23H30FN5O3.